The van der Waals surface area contributed by atoms with Crippen molar-refractivity contribution in [2.24, 2.45) is 11.8 Å². The Morgan fingerprint density at radius 1 is 1.33 bits per heavy atom. The minimum Gasteiger partial charge on any atom is -0.392 e. The van der Waals surface area contributed by atoms with Crippen LogP contribution in [0.3, 0.4) is 0 Å². The molecule has 3 atom stereocenters. The number of benzene rings is 1. The Kier molecular flexibility index (Phi) is 5.08. The first kappa shape index (κ1) is 13.9. The third-order valence-electron chi connectivity index (χ3n) is 4.33. The van der Waals surface area contributed by atoms with Crippen molar-refractivity contribution < 1.29 is 5.11 Å². The molecule has 0 bridgehead atoms. The molecule has 100 valence electrons. The van der Waals surface area contributed by atoms with E-state index in [1.807, 2.05) is 24.3 Å². The van der Waals surface area contributed by atoms with Gasteiger partial charge in [0.15, 0.2) is 0 Å². The van der Waals surface area contributed by atoms with Gasteiger partial charge < -0.3 is 5.11 Å². The van der Waals surface area contributed by atoms with Gasteiger partial charge in [-0.15, -0.1) is 0 Å². The molecular formula is C16H23ClO. The van der Waals surface area contributed by atoms with Gasteiger partial charge in [0.25, 0.3) is 0 Å². The summed E-state index contributed by atoms with van der Waals surface area (Å²) in [4.78, 5) is 0. The van der Waals surface area contributed by atoms with Gasteiger partial charge in [-0.3, -0.25) is 0 Å². The average Bonchev–Trinajstić information content (AvgIpc) is 2.41. The topological polar surface area (TPSA) is 20.2 Å². The molecule has 1 aromatic carbocycles. The zero-order valence-corrected chi connectivity index (χ0v) is 11.9. The molecule has 0 radical (unpaired) electrons. The molecule has 2 rings (SSSR count). The van der Waals surface area contributed by atoms with Crippen molar-refractivity contribution in [3.63, 3.8) is 0 Å². The largest absolute Gasteiger partial charge is 0.392 e. The molecule has 0 spiro atoms. The van der Waals surface area contributed by atoms with Gasteiger partial charge in [-0.2, -0.15) is 0 Å². The van der Waals surface area contributed by atoms with Crippen LogP contribution in [-0.2, 0) is 6.42 Å². The van der Waals surface area contributed by atoms with Crippen molar-refractivity contribution in [3.8, 4) is 0 Å². The lowest BCUT2D eigenvalue weighted by molar-refractivity contribution is 0.0685. The Hall–Kier alpha value is -0.530. The van der Waals surface area contributed by atoms with E-state index in [4.69, 9.17) is 11.6 Å². The number of hydrogen-bond acceptors (Lipinski definition) is 1. The highest BCUT2D eigenvalue weighted by atomic mass is 35.5. The number of rotatable bonds is 4. The highest BCUT2D eigenvalue weighted by Crippen LogP contribution is 2.34. The predicted molar refractivity (Wildman–Crippen MR) is 76.9 cm³/mol. The summed E-state index contributed by atoms with van der Waals surface area (Å²) in [7, 11) is 0. The van der Waals surface area contributed by atoms with E-state index >= 15 is 0 Å². The Morgan fingerprint density at radius 2 is 2.11 bits per heavy atom. The van der Waals surface area contributed by atoms with E-state index in [0.717, 1.165) is 16.5 Å². The van der Waals surface area contributed by atoms with E-state index in [9.17, 15) is 5.11 Å². The number of halogens is 1. The molecule has 1 N–H and O–H groups in total. The van der Waals surface area contributed by atoms with Gasteiger partial charge in [0.2, 0.25) is 0 Å². The molecule has 0 aliphatic heterocycles. The van der Waals surface area contributed by atoms with Crippen molar-refractivity contribution >= 4 is 11.6 Å². The van der Waals surface area contributed by atoms with E-state index in [2.05, 4.69) is 6.92 Å². The van der Waals surface area contributed by atoms with Crippen LogP contribution in [-0.4, -0.2) is 11.2 Å². The van der Waals surface area contributed by atoms with Crippen molar-refractivity contribution in [2.45, 2.75) is 51.6 Å². The molecule has 0 amide bonds. The van der Waals surface area contributed by atoms with Gasteiger partial charge in [0.05, 0.1) is 6.10 Å². The minimum absolute atomic E-state index is 0.237. The molecule has 1 saturated carbocycles. The molecule has 1 fully saturated rings. The van der Waals surface area contributed by atoms with Crippen LogP contribution in [0.4, 0.5) is 0 Å². The lowest BCUT2D eigenvalue weighted by atomic mass is 9.76. The molecule has 1 aliphatic carbocycles. The van der Waals surface area contributed by atoms with Gasteiger partial charge in [-0.1, -0.05) is 56.0 Å². The predicted octanol–water partition coefficient (Wildman–Crippen LogP) is 4.46. The van der Waals surface area contributed by atoms with Crippen LogP contribution in [0, 0.1) is 11.8 Å². The fourth-order valence-corrected chi connectivity index (χ4v) is 3.32. The standard InChI is InChI=1S/C16H23ClO/c1-2-12-6-5-8-14(10-12)16(18)11-13-7-3-4-9-15(13)17/h3-4,7,9,12,14,16,18H,2,5-6,8,10-11H2,1H3. The van der Waals surface area contributed by atoms with Gasteiger partial charge in [0.1, 0.15) is 0 Å². The second kappa shape index (κ2) is 6.58. The Balaban J connectivity index is 1.95. The average molecular weight is 267 g/mol. The maximum absolute atomic E-state index is 10.4. The minimum atomic E-state index is -0.237. The molecular weight excluding hydrogens is 244 g/mol. The summed E-state index contributed by atoms with van der Waals surface area (Å²) in [5.41, 5.74) is 1.07. The van der Waals surface area contributed by atoms with Gasteiger partial charge >= 0.3 is 0 Å². The lowest BCUT2D eigenvalue weighted by Crippen LogP contribution is -2.28. The molecule has 0 saturated heterocycles. The van der Waals surface area contributed by atoms with Gasteiger partial charge in [-0.05, 0) is 36.3 Å². The molecule has 1 nitrogen and oxygen atoms in total. The second-order valence-electron chi connectivity index (χ2n) is 5.56. The highest BCUT2D eigenvalue weighted by Gasteiger charge is 2.26. The molecule has 1 aromatic rings. The summed E-state index contributed by atoms with van der Waals surface area (Å²) in [5, 5.41) is 11.2. The quantitative estimate of drug-likeness (QED) is 0.853. The number of hydrogen-bond donors (Lipinski definition) is 1. The molecule has 0 heterocycles. The van der Waals surface area contributed by atoms with E-state index in [1.165, 1.54) is 32.1 Å². The molecule has 2 heteroatoms. The lowest BCUT2D eigenvalue weighted by Gasteiger charge is -2.32. The third-order valence-corrected chi connectivity index (χ3v) is 4.70. The zero-order valence-electron chi connectivity index (χ0n) is 11.1. The van der Waals surface area contributed by atoms with E-state index in [1.54, 1.807) is 0 Å². The zero-order chi connectivity index (χ0) is 13.0. The Bertz CT molecular complexity index is 377. The fraction of sp³-hybridized carbons (Fsp3) is 0.625. The first-order valence-electron chi connectivity index (χ1n) is 7.12. The van der Waals surface area contributed by atoms with Crippen LogP contribution in [0.5, 0.6) is 0 Å². The smallest absolute Gasteiger partial charge is 0.0609 e. The fourth-order valence-electron chi connectivity index (χ4n) is 3.11. The highest BCUT2D eigenvalue weighted by molar-refractivity contribution is 6.31. The van der Waals surface area contributed by atoms with E-state index in [-0.39, 0.29) is 6.10 Å². The van der Waals surface area contributed by atoms with Crippen molar-refractivity contribution in [2.75, 3.05) is 0 Å². The SMILES string of the molecule is CCC1CCCC(C(O)Cc2ccccc2Cl)C1. The normalized spacial score (nSPS) is 25.9. The Labute approximate surface area is 115 Å². The van der Waals surface area contributed by atoms with Crippen LogP contribution in [0.25, 0.3) is 0 Å². The molecule has 1 aliphatic rings. The number of aliphatic hydroxyl groups excluding tert-OH is 1. The van der Waals surface area contributed by atoms with Crippen LogP contribution >= 0.6 is 11.6 Å². The first-order chi connectivity index (χ1) is 8.70. The van der Waals surface area contributed by atoms with Crippen molar-refractivity contribution in [1.82, 2.24) is 0 Å². The molecule has 18 heavy (non-hydrogen) atoms. The summed E-state index contributed by atoms with van der Waals surface area (Å²) < 4.78 is 0. The van der Waals surface area contributed by atoms with Crippen LogP contribution in [0.2, 0.25) is 5.02 Å². The van der Waals surface area contributed by atoms with Crippen molar-refractivity contribution in [1.29, 1.82) is 0 Å². The van der Waals surface area contributed by atoms with Crippen molar-refractivity contribution in [3.05, 3.63) is 34.9 Å². The first-order valence-corrected chi connectivity index (χ1v) is 7.50. The maximum Gasteiger partial charge on any atom is 0.0609 e. The van der Waals surface area contributed by atoms with Gasteiger partial charge in [0, 0.05) is 11.4 Å². The summed E-state index contributed by atoms with van der Waals surface area (Å²) in [6.07, 6.45) is 6.66. The second-order valence-corrected chi connectivity index (χ2v) is 5.97. The summed E-state index contributed by atoms with van der Waals surface area (Å²) in [5.74, 6) is 1.27. The van der Waals surface area contributed by atoms with E-state index < -0.39 is 0 Å². The van der Waals surface area contributed by atoms with E-state index in [0.29, 0.717) is 12.3 Å². The summed E-state index contributed by atoms with van der Waals surface area (Å²) in [6.45, 7) is 2.26. The van der Waals surface area contributed by atoms with Gasteiger partial charge in [-0.25, -0.2) is 0 Å². The van der Waals surface area contributed by atoms with Crippen LogP contribution in [0.1, 0.15) is 44.6 Å². The number of aliphatic hydroxyl groups is 1. The monoisotopic (exact) mass is 266 g/mol. The molecule has 3 unspecified atom stereocenters. The summed E-state index contributed by atoms with van der Waals surface area (Å²) >= 11 is 6.15. The molecule has 0 aromatic heterocycles. The Morgan fingerprint density at radius 3 is 2.83 bits per heavy atom. The van der Waals surface area contributed by atoms with Crippen LogP contribution < -0.4 is 0 Å². The summed E-state index contributed by atoms with van der Waals surface area (Å²) in [6, 6.07) is 7.85. The third kappa shape index (κ3) is 3.49. The maximum atomic E-state index is 10.4. The van der Waals surface area contributed by atoms with Crippen LogP contribution in [0.15, 0.2) is 24.3 Å².